The summed E-state index contributed by atoms with van der Waals surface area (Å²) in [6.07, 6.45) is 4.34. The average molecular weight is 295 g/mol. The van der Waals surface area contributed by atoms with Crippen molar-refractivity contribution in [2.75, 3.05) is 13.1 Å². The number of benzene rings is 1. The van der Waals surface area contributed by atoms with Gasteiger partial charge in [0.05, 0.1) is 13.1 Å². The number of rotatable bonds is 6. The van der Waals surface area contributed by atoms with Crippen molar-refractivity contribution in [1.29, 1.82) is 0 Å². The first-order chi connectivity index (χ1) is 9.56. The monoisotopic (exact) mass is 294 g/mol. The Morgan fingerprint density at radius 2 is 1.95 bits per heavy atom. The maximum Gasteiger partial charge on any atom is 0.231 e. The fraction of sp³-hybridized carbons (Fsp3) is 0.467. The molecule has 4 nitrogen and oxygen atoms in total. The van der Waals surface area contributed by atoms with Crippen molar-refractivity contribution < 1.29 is 9.59 Å². The lowest BCUT2D eigenvalue weighted by atomic mass is 10.1. The zero-order valence-electron chi connectivity index (χ0n) is 11.3. The first kappa shape index (κ1) is 15.0. The van der Waals surface area contributed by atoms with E-state index in [0.29, 0.717) is 10.6 Å². The summed E-state index contributed by atoms with van der Waals surface area (Å²) >= 11 is 5.90. The summed E-state index contributed by atoms with van der Waals surface area (Å²) in [7, 11) is 0. The summed E-state index contributed by atoms with van der Waals surface area (Å²) in [5, 5.41) is 0.540. The molecule has 108 valence electrons. The zero-order chi connectivity index (χ0) is 14.5. The molecule has 5 heteroatoms. The smallest absolute Gasteiger partial charge is 0.231 e. The van der Waals surface area contributed by atoms with E-state index < -0.39 is 5.91 Å². The van der Waals surface area contributed by atoms with E-state index >= 15 is 0 Å². The number of carbonyl (C=O) groups is 2. The molecular weight excluding hydrogens is 276 g/mol. The van der Waals surface area contributed by atoms with Crippen LogP contribution in [0.2, 0.25) is 5.02 Å². The number of halogens is 1. The average Bonchev–Trinajstić information content (AvgIpc) is 2.91. The van der Waals surface area contributed by atoms with Gasteiger partial charge in [-0.15, -0.1) is 0 Å². The molecule has 20 heavy (non-hydrogen) atoms. The van der Waals surface area contributed by atoms with E-state index in [1.807, 2.05) is 4.90 Å². The van der Waals surface area contributed by atoms with E-state index in [-0.39, 0.29) is 24.9 Å². The van der Waals surface area contributed by atoms with Crippen molar-refractivity contribution in [2.45, 2.75) is 31.7 Å². The number of Topliss-reactive ketones (excluding diaryl/α,β-unsaturated/α-hetero) is 1. The highest BCUT2D eigenvalue weighted by Gasteiger charge is 2.25. The van der Waals surface area contributed by atoms with Crippen molar-refractivity contribution in [3.8, 4) is 0 Å². The molecule has 1 aromatic rings. The molecule has 0 spiro atoms. The minimum atomic E-state index is -0.393. The SMILES string of the molecule is NC(=O)CN(CC(=O)c1cccc(Cl)c1)C1CCCC1. The standard InChI is InChI=1S/C15H19ClN2O2/c16-12-5-3-4-11(8-12)14(19)9-18(10-15(17)20)13-6-1-2-7-13/h3-5,8,13H,1-2,6-7,9-10H2,(H2,17,20). The molecule has 0 unspecified atom stereocenters. The van der Waals surface area contributed by atoms with Gasteiger partial charge < -0.3 is 5.73 Å². The number of nitrogens with two attached hydrogens (primary N) is 1. The molecule has 0 bridgehead atoms. The zero-order valence-corrected chi connectivity index (χ0v) is 12.1. The normalized spacial score (nSPS) is 15.7. The van der Waals surface area contributed by atoms with Crippen molar-refractivity contribution >= 4 is 23.3 Å². The summed E-state index contributed by atoms with van der Waals surface area (Å²) < 4.78 is 0. The van der Waals surface area contributed by atoms with Gasteiger partial charge in [0.25, 0.3) is 0 Å². The molecule has 0 radical (unpaired) electrons. The third kappa shape index (κ3) is 4.05. The van der Waals surface area contributed by atoms with Crippen LogP contribution in [-0.2, 0) is 4.79 Å². The lowest BCUT2D eigenvalue weighted by Crippen LogP contribution is -2.43. The van der Waals surface area contributed by atoms with Crippen molar-refractivity contribution in [1.82, 2.24) is 4.90 Å². The summed E-state index contributed by atoms with van der Waals surface area (Å²) in [5.41, 5.74) is 5.86. The second-order valence-corrected chi connectivity index (χ2v) is 5.68. The van der Waals surface area contributed by atoms with Crippen LogP contribution in [0.5, 0.6) is 0 Å². The maximum absolute atomic E-state index is 12.3. The minimum Gasteiger partial charge on any atom is -0.369 e. The Morgan fingerprint density at radius 3 is 2.55 bits per heavy atom. The Morgan fingerprint density at radius 1 is 1.25 bits per heavy atom. The molecule has 1 fully saturated rings. The van der Waals surface area contributed by atoms with Gasteiger partial charge in [0.1, 0.15) is 0 Å². The predicted octanol–water partition coefficient (Wildman–Crippen LogP) is 2.25. The lowest BCUT2D eigenvalue weighted by Gasteiger charge is -2.26. The van der Waals surface area contributed by atoms with Crippen LogP contribution < -0.4 is 5.73 Å². The van der Waals surface area contributed by atoms with Crippen molar-refractivity contribution in [2.24, 2.45) is 5.73 Å². The van der Waals surface area contributed by atoms with Crippen molar-refractivity contribution in [3.63, 3.8) is 0 Å². The van der Waals surface area contributed by atoms with Crippen LogP contribution in [-0.4, -0.2) is 35.7 Å². The minimum absolute atomic E-state index is 0.0272. The highest BCUT2D eigenvalue weighted by Crippen LogP contribution is 2.23. The summed E-state index contributed by atoms with van der Waals surface area (Å²) in [6.45, 7) is 0.352. The number of ketones is 1. The molecule has 2 N–H and O–H groups in total. The third-order valence-corrected chi connectivity index (χ3v) is 3.93. The van der Waals surface area contributed by atoms with Crippen molar-refractivity contribution in [3.05, 3.63) is 34.9 Å². The Kier molecular flexibility index (Phi) is 5.15. The first-order valence-corrected chi connectivity index (χ1v) is 7.25. The third-order valence-electron chi connectivity index (χ3n) is 3.69. The van der Waals surface area contributed by atoms with Crippen LogP contribution in [0.15, 0.2) is 24.3 Å². The lowest BCUT2D eigenvalue weighted by molar-refractivity contribution is -0.119. The second kappa shape index (κ2) is 6.86. The highest BCUT2D eigenvalue weighted by molar-refractivity contribution is 6.31. The van der Waals surface area contributed by atoms with Crippen LogP contribution in [0.25, 0.3) is 0 Å². The Balaban J connectivity index is 2.06. The molecular formula is C15H19ClN2O2. The van der Waals surface area contributed by atoms with Crippen LogP contribution in [0, 0.1) is 0 Å². The van der Waals surface area contributed by atoms with Crippen LogP contribution in [0.3, 0.4) is 0 Å². The van der Waals surface area contributed by atoms with Gasteiger partial charge >= 0.3 is 0 Å². The fourth-order valence-electron chi connectivity index (χ4n) is 2.72. The highest BCUT2D eigenvalue weighted by atomic mass is 35.5. The molecule has 0 aliphatic heterocycles. The van der Waals surface area contributed by atoms with Gasteiger partial charge in [-0.1, -0.05) is 36.6 Å². The Hall–Kier alpha value is -1.39. The van der Waals surface area contributed by atoms with Gasteiger partial charge in [-0.3, -0.25) is 14.5 Å². The van der Waals surface area contributed by atoms with E-state index in [0.717, 1.165) is 25.7 Å². The summed E-state index contributed by atoms with van der Waals surface area (Å²) in [6, 6.07) is 7.16. The molecule has 1 aliphatic carbocycles. The van der Waals surface area contributed by atoms with Gasteiger partial charge in [0, 0.05) is 16.6 Å². The molecule has 0 saturated heterocycles. The van der Waals surface area contributed by atoms with Gasteiger partial charge in [-0.2, -0.15) is 0 Å². The van der Waals surface area contributed by atoms with Crippen LogP contribution in [0.1, 0.15) is 36.0 Å². The molecule has 1 saturated carbocycles. The molecule has 2 rings (SSSR count). The Labute approximate surface area is 123 Å². The molecule has 1 amide bonds. The largest absolute Gasteiger partial charge is 0.369 e. The molecule has 1 aromatic carbocycles. The number of carbonyl (C=O) groups excluding carboxylic acids is 2. The quantitative estimate of drug-likeness (QED) is 0.819. The van der Waals surface area contributed by atoms with E-state index in [9.17, 15) is 9.59 Å². The molecule has 0 atom stereocenters. The van der Waals surface area contributed by atoms with Crippen LogP contribution >= 0.6 is 11.6 Å². The van der Waals surface area contributed by atoms with E-state index in [4.69, 9.17) is 17.3 Å². The molecule has 1 aliphatic rings. The second-order valence-electron chi connectivity index (χ2n) is 5.24. The number of nitrogens with zero attached hydrogens (tertiary/aromatic N) is 1. The van der Waals surface area contributed by atoms with E-state index in [2.05, 4.69) is 0 Å². The van der Waals surface area contributed by atoms with Gasteiger partial charge in [-0.05, 0) is 25.0 Å². The van der Waals surface area contributed by atoms with Crippen LogP contribution in [0.4, 0.5) is 0 Å². The number of amides is 1. The number of hydrogen-bond acceptors (Lipinski definition) is 3. The van der Waals surface area contributed by atoms with E-state index in [1.165, 1.54) is 0 Å². The summed E-state index contributed by atoms with van der Waals surface area (Å²) in [5.74, 6) is -0.420. The topological polar surface area (TPSA) is 63.4 Å². The Bertz CT molecular complexity index is 498. The molecule has 0 heterocycles. The van der Waals surface area contributed by atoms with Gasteiger partial charge in [-0.25, -0.2) is 0 Å². The fourth-order valence-corrected chi connectivity index (χ4v) is 2.91. The van der Waals surface area contributed by atoms with Gasteiger partial charge in [0.2, 0.25) is 5.91 Å². The molecule has 0 aromatic heterocycles. The predicted molar refractivity (Wildman–Crippen MR) is 78.8 cm³/mol. The number of primary amides is 1. The van der Waals surface area contributed by atoms with E-state index in [1.54, 1.807) is 24.3 Å². The first-order valence-electron chi connectivity index (χ1n) is 6.87. The van der Waals surface area contributed by atoms with Gasteiger partial charge in [0.15, 0.2) is 5.78 Å². The maximum atomic E-state index is 12.3. The summed E-state index contributed by atoms with van der Waals surface area (Å²) in [4.78, 5) is 25.4. The number of hydrogen-bond donors (Lipinski definition) is 1.